The van der Waals surface area contributed by atoms with E-state index in [1.54, 1.807) is 0 Å². The molecule has 0 bridgehead atoms. The standard InChI is InChI=1S/C20H34O3/c1-18(2)15-6-5-13-11-19(3,17(23)12-21)9-7-14(13)20(15,4)10-8-16(18)22/h5,14-17,21-23H,6-12H2,1-4H3/t14-,15+,16+,17+,19-,20+/m0/s1. The van der Waals surface area contributed by atoms with Gasteiger partial charge in [0, 0.05) is 0 Å². The van der Waals surface area contributed by atoms with E-state index in [1.807, 2.05) is 0 Å². The van der Waals surface area contributed by atoms with Crippen LogP contribution in [0.1, 0.15) is 66.2 Å². The van der Waals surface area contributed by atoms with E-state index >= 15 is 0 Å². The maximum Gasteiger partial charge on any atom is 0.0827 e. The molecule has 3 aliphatic carbocycles. The summed E-state index contributed by atoms with van der Waals surface area (Å²) >= 11 is 0. The van der Waals surface area contributed by atoms with Crippen molar-refractivity contribution in [3.63, 3.8) is 0 Å². The summed E-state index contributed by atoms with van der Waals surface area (Å²) in [5.74, 6) is 1.10. The highest BCUT2D eigenvalue weighted by atomic mass is 16.3. The molecule has 6 atom stereocenters. The molecule has 3 nitrogen and oxygen atoms in total. The van der Waals surface area contributed by atoms with Gasteiger partial charge in [-0.1, -0.05) is 39.3 Å². The molecule has 3 rings (SSSR count). The number of fused-ring (bicyclic) bond motifs is 3. The zero-order valence-electron chi connectivity index (χ0n) is 15.2. The van der Waals surface area contributed by atoms with Gasteiger partial charge in [0.05, 0.1) is 18.8 Å². The van der Waals surface area contributed by atoms with Gasteiger partial charge in [0.2, 0.25) is 0 Å². The van der Waals surface area contributed by atoms with Crippen LogP contribution in [0.15, 0.2) is 11.6 Å². The molecule has 3 heteroatoms. The third-order valence-electron chi connectivity index (χ3n) is 7.96. The lowest BCUT2D eigenvalue weighted by Gasteiger charge is -2.60. The van der Waals surface area contributed by atoms with Gasteiger partial charge in [-0.25, -0.2) is 0 Å². The second-order valence-electron chi connectivity index (χ2n) is 9.57. The number of hydrogen-bond donors (Lipinski definition) is 3. The highest BCUT2D eigenvalue weighted by Gasteiger charge is 2.57. The predicted octanol–water partition coefficient (Wildman–Crippen LogP) is 3.28. The normalized spacial score (nSPS) is 47.3. The first-order valence-electron chi connectivity index (χ1n) is 9.31. The maximum atomic E-state index is 10.5. The Morgan fingerprint density at radius 2 is 1.87 bits per heavy atom. The van der Waals surface area contributed by atoms with Crippen molar-refractivity contribution in [3.05, 3.63) is 11.6 Å². The first-order valence-corrected chi connectivity index (χ1v) is 9.31. The Kier molecular flexibility index (Phi) is 4.23. The van der Waals surface area contributed by atoms with Gasteiger partial charge in [0.25, 0.3) is 0 Å². The molecule has 3 N–H and O–H groups in total. The second kappa shape index (κ2) is 5.57. The van der Waals surface area contributed by atoms with Crippen molar-refractivity contribution in [2.75, 3.05) is 6.61 Å². The van der Waals surface area contributed by atoms with Crippen LogP contribution in [0.25, 0.3) is 0 Å². The van der Waals surface area contributed by atoms with Crippen LogP contribution in [0.4, 0.5) is 0 Å². The number of aliphatic hydroxyl groups excluding tert-OH is 3. The number of rotatable bonds is 2. The van der Waals surface area contributed by atoms with Crippen LogP contribution in [0, 0.1) is 28.1 Å². The van der Waals surface area contributed by atoms with Gasteiger partial charge in [-0.3, -0.25) is 0 Å². The van der Waals surface area contributed by atoms with Crippen LogP contribution < -0.4 is 0 Å². The van der Waals surface area contributed by atoms with E-state index in [2.05, 4.69) is 33.8 Å². The first kappa shape index (κ1) is 17.4. The van der Waals surface area contributed by atoms with E-state index in [9.17, 15) is 15.3 Å². The van der Waals surface area contributed by atoms with Gasteiger partial charge in [-0.05, 0) is 66.6 Å². The molecular formula is C20H34O3. The van der Waals surface area contributed by atoms with Crippen LogP contribution in [0.2, 0.25) is 0 Å². The van der Waals surface area contributed by atoms with E-state index < -0.39 is 6.10 Å². The van der Waals surface area contributed by atoms with Gasteiger partial charge in [-0.2, -0.15) is 0 Å². The van der Waals surface area contributed by atoms with Crippen LogP contribution in [0.5, 0.6) is 0 Å². The minimum atomic E-state index is -0.625. The summed E-state index contributed by atoms with van der Waals surface area (Å²) in [7, 11) is 0. The van der Waals surface area contributed by atoms with Crippen LogP contribution in [-0.2, 0) is 0 Å². The van der Waals surface area contributed by atoms with Gasteiger partial charge >= 0.3 is 0 Å². The fraction of sp³-hybridized carbons (Fsp3) is 0.900. The summed E-state index contributed by atoms with van der Waals surface area (Å²) < 4.78 is 0. The smallest absolute Gasteiger partial charge is 0.0827 e. The Morgan fingerprint density at radius 1 is 1.17 bits per heavy atom. The minimum Gasteiger partial charge on any atom is -0.394 e. The van der Waals surface area contributed by atoms with E-state index in [1.165, 1.54) is 5.57 Å². The van der Waals surface area contributed by atoms with Crippen LogP contribution >= 0.6 is 0 Å². The Labute approximate surface area is 140 Å². The van der Waals surface area contributed by atoms with Crippen molar-refractivity contribution in [1.29, 1.82) is 0 Å². The molecule has 0 heterocycles. The quantitative estimate of drug-likeness (QED) is 0.684. The Hall–Kier alpha value is -0.380. The summed E-state index contributed by atoms with van der Waals surface area (Å²) in [6.45, 7) is 8.89. The van der Waals surface area contributed by atoms with Crippen molar-refractivity contribution < 1.29 is 15.3 Å². The van der Waals surface area contributed by atoms with Crippen LogP contribution in [-0.4, -0.2) is 34.1 Å². The summed E-state index contributed by atoms with van der Waals surface area (Å²) in [6.07, 6.45) is 7.60. The monoisotopic (exact) mass is 322 g/mol. The van der Waals surface area contributed by atoms with Crippen molar-refractivity contribution in [1.82, 2.24) is 0 Å². The molecule has 0 amide bonds. The highest BCUT2D eigenvalue weighted by Crippen LogP contribution is 2.63. The van der Waals surface area contributed by atoms with Gasteiger partial charge in [-0.15, -0.1) is 0 Å². The van der Waals surface area contributed by atoms with Gasteiger partial charge in [0.15, 0.2) is 0 Å². The van der Waals surface area contributed by atoms with Crippen molar-refractivity contribution in [2.24, 2.45) is 28.1 Å². The van der Waals surface area contributed by atoms with Crippen molar-refractivity contribution >= 4 is 0 Å². The molecule has 0 unspecified atom stereocenters. The fourth-order valence-corrected chi connectivity index (χ4v) is 6.15. The van der Waals surface area contributed by atoms with E-state index in [0.29, 0.717) is 11.8 Å². The molecule has 2 saturated carbocycles. The lowest BCUT2D eigenvalue weighted by molar-refractivity contribution is -0.125. The summed E-state index contributed by atoms with van der Waals surface area (Å²) in [5, 5.41) is 30.1. The fourth-order valence-electron chi connectivity index (χ4n) is 6.15. The SMILES string of the molecule is CC1(C)[C@H](O)CC[C@@]2(C)[C@@H]1CC=C1C[C@@](C)([C@H](O)CO)CC[C@@H]12. The largest absolute Gasteiger partial charge is 0.394 e. The molecule has 0 aliphatic heterocycles. The Morgan fingerprint density at radius 3 is 2.52 bits per heavy atom. The third-order valence-corrected chi connectivity index (χ3v) is 7.96. The second-order valence-corrected chi connectivity index (χ2v) is 9.57. The molecule has 2 fully saturated rings. The average molecular weight is 322 g/mol. The molecule has 0 aromatic heterocycles. The molecule has 3 aliphatic rings. The summed E-state index contributed by atoms with van der Waals surface area (Å²) in [5.41, 5.74) is 1.54. The molecule has 0 saturated heterocycles. The van der Waals surface area contributed by atoms with Crippen molar-refractivity contribution in [3.8, 4) is 0 Å². The predicted molar refractivity (Wildman–Crippen MR) is 91.9 cm³/mol. The molecule has 0 aromatic rings. The number of allylic oxidation sites excluding steroid dienone is 2. The minimum absolute atomic E-state index is 0.0274. The summed E-state index contributed by atoms with van der Waals surface area (Å²) in [6, 6.07) is 0. The zero-order chi connectivity index (χ0) is 17.0. The van der Waals surface area contributed by atoms with Gasteiger partial charge in [0.1, 0.15) is 0 Å². The molecule has 23 heavy (non-hydrogen) atoms. The zero-order valence-corrected chi connectivity index (χ0v) is 15.2. The molecular weight excluding hydrogens is 288 g/mol. The molecule has 0 spiro atoms. The topological polar surface area (TPSA) is 60.7 Å². The average Bonchev–Trinajstić information content (AvgIpc) is 2.50. The van der Waals surface area contributed by atoms with E-state index in [-0.39, 0.29) is 29.0 Å². The summed E-state index contributed by atoms with van der Waals surface area (Å²) in [4.78, 5) is 0. The lowest BCUT2D eigenvalue weighted by Crippen LogP contribution is -2.55. The first-order chi connectivity index (χ1) is 10.6. The third kappa shape index (κ3) is 2.51. The van der Waals surface area contributed by atoms with Crippen LogP contribution in [0.3, 0.4) is 0 Å². The lowest BCUT2D eigenvalue weighted by atomic mass is 9.45. The van der Waals surface area contributed by atoms with Gasteiger partial charge < -0.3 is 15.3 Å². The van der Waals surface area contributed by atoms with E-state index in [0.717, 1.165) is 38.5 Å². The number of hydrogen-bond acceptors (Lipinski definition) is 3. The van der Waals surface area contributed by atoms with Crippen molar-refractivity contribution in [2.45, 2.75) is 78.4 Å². The number of aliphatic hydroxyl groups is 3. The Bertz CT molecular complexity index is 497. The molecule has 0 aromatic carbocycles. The Balaban J connectivity index is 1.90. The van der Waals surface area contributed by atoms with E-state index in [4.69, 9.17) is 0 Å². The highest BCUT2D eigenvalue weighted by molar-refractivity contribution is 5.24. The maximum absolute atomic E-state index is 10.5. The molecule has 0 radical (unpaired) electrons. The molecule has 132 valence electrons.